The van der Waals surface area contributed by atoms with Crippen LogP contribution in [0.3, 0.4) is 0 Å². The van der Waals surface area contributed by atoms with E-state index < -0.39 is 0 Å². The zero-order chi connectivity index (χ0) is 12.4. The van der Waals surface area contributed by atoms with E-state index in [-0.39, 0.29) is 6.04 Å². The lowest BCUT2D eigenvalue weighted by atomic mass is 9.85. The first-order valence-electron chi connectivity index (χ1n) is 6.43. The number of nitriles is 1. The topological polar surface area (TPSA) is 67.6 Å². The minimum absolute atomic E-state index is 0.208. The molecule has 0 bridgehead atoms. The fraction of sp³-hybridized carbons (Fsp3) is 0.692. The summed E-state index contributed by atoms with van der Waals surface area (Å²) < 4.78 is 1.78. The van der Waals surface area contributed by atoms with Gasteiger partial charge in [-0.2, -0.15) is 10.4 Å². The Morgan fingerprint density at radius 2 is 2.00 bits per heavy atom. The minimum atomic E-state index is 0.208. The van der Waals surface area contributed by atoms with Crippen LogP contribution in [0.15, 0.2) is 0 Å². The third-order valence-corrected chi connectivity index (χ3v) is 3.57. The predicted molar refractivity (Wildman–Crippen MR) is 67.6 cm³/mol. The summed E-state index contributed by atoms with van der Waals surface area (Å²) >= 11 is 0. The largest absolute Gasteiger partial charge is 0.383 e. The van der Waals surface area contributed by atoms with Gasteiger partial charge in [0.2, 0.25) is 0 Å². The summed E-state index contributed by atoms with van der Waals surface area (Å²) in [5, 5.41) is 13.8. The van der Waals surface area contributed by atoms with Crippen LogP contribution in [0.1, 0.15) is 69.2 Å². The average molecular weight is 232 g/mol. The number of rotatable bonds is 2. The maximum atomic E-state index is 9.24. The van der Waals surface area contributed by atoms with E-state index in [1.165, 1.54) is 19.3 Å². The molecule has 0 atom stereocenters. The number of hydrogen-bond donors (Lipinski definition) is 1. The molecule has 0 unspecified atom stereocenters. The summed E-state index contributed by atoms with van der Waals surface area (Å²) in [6.45, 7) is 4.07. The maximum absolute atomic E-state index is 9.24. The molecule has 1 heterocycles. The van der Waals surface area contributed by atoms with Crippen molar-refractivity contribution in [3.8, 4) is 6.07 Å². The standard InChI is InChI=1S/C13H20N4/c1-9(2)17-13(15)11(8-14)12(16-17)10-6-4-3-5-7-10/h9-10H,3-7,15H2,1-2H3. The highest BCUT2D eigenvalue weighted by Gasteiger charge is 2.25. The van der Waals surface area contributed by atoms with Gasteiger partial charge in [-0.3, -0.25) is 0 Å². The van der Waals surface area contributed by atoms with Gasteiger partial charge < -0.3 is 5.73 Å². The Labute approximate surface area is 102 Å². The lowest BCUT2D eigenvalue weighted by Crippen LogP contribution is -2.09. The fourth-order valence-corrected chi connectivity index (χ4v) is 2.64. The van der Waals surface area contributed by atoms with E-state index in [1.807, 2.05) is 13.8 Å². The van der Waals surface area contributed by atoms with E-state index in [1.54, 1.807) is 4.68 Å². The van der Waals surface area contributed by atoms with Crippen LogP contribution in [0, 0.1) is 11.3 Å². The molecular weight excluding hydrogens is 212 g/mol. The van der Waals surface area contributed by atoms with Crippen molar-refractivity contribution in [1.82, 2.24) is 9.78 Å². The minimum Gasteiger partial charge on any atom is -0.383 e. The van der Waals surface area contributed by atoms with Crippen LogP contribution in [0.4, 0.5) is 5.82 Å². The molecule has 2 rings (SSSR count). The molecule has 1 aliphatic carbocycles. The van der Waals surface area contributed by atoms with Crippen molar-refractivity contribution in [2.75, 3.05) is 5.73 Å². The molecule has 0 spiro atoms. The van der Waals surface area contributed by atoms with Crippen LogP contribution >= 0.6 is 0 Å². The van der Waals surface area contributed by atoms with Gasteiger partial charge in [0.1, 0.15) is 17.5 Å². The van der Waals surface area contributed by atoms with E-state index in [9.17, 15) is 5.26 Å². The lowest BCUT2D eigenvalue weighted by Gasteiger charge is -2.19. The first-order valence-corrected chi connectivity index (χ1v) is 6.43. The molecule has 17 heavy (non-hydrogen) atoms. The average Bonchev–Trinajstić information content (AvgIpc) is 2.67. The van der Waals surface area contributed by atoms with Crippen LogP contribution in [0.5, 0.6) is 0 Å². The molecule has 0 saturated heterocycles. The van der Waals surface area contributed by atoms with Crippen LogP contribution in [0.2, 0.25) is 0 Å². The Kier molecular flexibility index (Phi) is 3.37. The summed E-state index contributed by atoms with van der Waals surface area (Å²) in [5.74, 6) is 0.962. The maximum Gasteiger partial charge on any atom is 0.140 e. The molecule has 1 aromatic heterocycles. The van der Waals surface area contributed by atoms with Gasteiger partial charge in [0.15, 0.2) is 0 Å². The predicted octanol–water partition coefficient (Wildman–Crippen LogP) is 2.97. The third-order valence-electron chi connectivity index (χ3n) is 3.57. The van der Waals surface area contributed by atoms with Gasteiger partial charge in [-0.1, -0.05) is 19.3 Å². The molecule has 1 aliphatic rings. The number of aromatic nitrogens is 2. The van der Waals surface area contributed by atoms with Crippen LogP contribution in [-0.2, 0) is 0 Å². The number of nitrogens with zero attached hydrogens (tertiary/aromatic N) is 3. The smallest absolute Gasteiger partial charge is 0.140 e. The number of nitrogen functional groups attached to an aromatic ring is 1. The second-order valence-electron chi connectivity index (χ2n) is 5.13. The molecule has 0 aromatic carbocycles. The van der Waals surface area contributed by atoms with E-state index in [4.69, 9.17) is 5.73 Å². The van der Waals surface area contributed by atoms with Gasteiger partial charge in [0.25, 0.3) is 0 Å². The van der Waals surface area contributed by atoms with Crippen LogP contribution < -0.4 is 5.73 Å². The summed E-state index contributed by atoms with van der Waals surface area (Å²) in [5.41, 5.74) is 7.53. The lowest BCUT2D eigenvalue weighted by molar-refractivity contribution is 0.427. The van der Waals surface area contributed by atoms with Crippen molar-refractivity contribution in [2.24, 2.45) is 0 Å². The molecule has 4 nitrogen and oxygen atoms in total. The molecule has 92 valence electrons. The van der Waals surface area contributed by atoms with Crippen molar-refractivity contribution < 1.29 is 0 Å². The van der Waals surface area contributed by atoms with Gasteiger partial charge in [0, 0.05) is 12.0 Å². The third kappa shape index (κ3) is 2.14. The van der Waals surface area contributed by atoms with Crippen LogP contribution in [-0.4, -0.2) is 9.78 Å². The summed E-state index contributed by atoms with van der Waals surface area (Å²) in [4.78, 5) is 0. The molecule has 4 heteroatoms. The van der Waals surface area contributed by atoms with Gasteiger partial charge >= 0.3 is 0 Å². The first kappa shape index (κ1) is 12.0. The Bertz CT molecular complexity index is 433. The van der Waals surface area contributed by atoms with E-state index >= 15 is 0 Å². The Balaban J connectivity index is 2.39. The Hall–Kier alpha value is -1.50. The van der Waals surface area contributed by atoms with E-state index in [0.717, 1.165) is 18.5 Å². The molecule has 1 fully saturated rings. The summed E-state index contributed by atoms with van der Waals surface area (Å²) in [7, 11) is 0. The zero-order valence-electron chi connectivity index (χ0n) is 10.6. The highest BCUT2D eigenvalue weighted by atomic mass is 15.3. The van der Waals surface area contributed by atoms with Crippen molar-refractivity contribution in [3.63, 3.8) is 0 Å². The molecule has 0 radical (unpaired) electrons. The van der Waals surface area contributed by atoms with Crippen LogP contribution in [0.25, 0.3) is 0 Å². The molecule has 1 saturated carbocycles. The SMILES string of the molecule is CC(C)n1nc(C2CCCCC2)c(C#N)c1N. The molecule has 2 N–H and O–H groups in total. The van der Waals surface area contributed by atoms with E-state index in [0.29, 0.717) is 17.3 Å². The molecular formula is C13H20N4. The second-order valence-corrected chi connectivity index (χ2v) is 5.13. The highest BCUT2D eigenvalue weighted by molar-refractivity contribution is 5.53. The normalized spacial score (nSPS) is 17.3. The Morgan fingerprint density at radius 3 is 2.53 bits per heavy atom. The monoisotopic (exact) mass is 232 g/mol. The molecule has 1 aromatic rings. The van der Waals surface area contributed by atoms with Gasteiger partial charge in [-0.25, -0.2) is 4.68 Å². The number of anilines is 1. The van der Waals surface area contributed by atoms with Crippen molar-refractivity contribution in [1.29, 1.82) is 5.26 Å². The molecule has 0 aliphatic heterocycles. The Morgan fingerprint density at radius 1 is 1.35 bits per heavy atom. The summed E-state index contributed by atoms with van der Waals surface area (Å²) in [6.07, 6.45) is 6.07. The van der Waals surface area contributed by atoms with Crippen molar-refractivity contribution in [2.45, 2.75) is 57.9 Å². The number of hydrogen-bond acceptors (Lipinski definition) is 3. The van der Waals surface area contributed by atoms with Crippen molar-refractivity contribution >= 4 is 5.82 Å². The van der Waals surface area contributed by atoms with Gasteiger partial charge in [-0.05, 0) is 26.7 Å². The number of nitrogens with two attached hydrogens (primary N) is 1. The highest BCUT2D eigenvalue weighted by Crippen LogP contribution is 2.35. The van der Waals surface area contributed by atoms with Crippen molar-refractivity contribution in [3.05, 3.63) is 11.3 Å². The second kappa shape index (κ2) is 4.79. The van der Waals surface area contributed by atoms with Gasteiger partial charge in [-0.15, -0.1) is 0 Å². The van der Waals surface area contributed by atoms with E-state index in [2.05, 4.69) is 11.2 Å². The molecule has 0 amide bonds. The van der Waals surface area contributed by atoms with Gasteiger partial charge in [0.05, 0.1) is 5.69 Å². The summed E-state index contributed by atoms with van der Waals surface area (Å²) in [6, 6.07) is 2.44. The zero-order valence-corrected chi connectivity index (χ0v) is 10.6. The fourth-order valence-electron chi connectivity index (χ4n) is 2.64. The first-order chi connectivity index (χ1) is 8.15. The quantitative estimate of drug-likeness (QED) is 0.852.